The largest absolute Gasteiger partial charge is 0.455 e. The van der Waals surface area contributed by atoms with Crippen molar-refractivity contribution in [2.75, 3.05) is 0 Å². The van der Waals surface area contributed by atoms with E-state index in [1.807, 2.05) is 12.1 Å². The fraction of sp³-hybridized carbons (Fsp3) is 0.0370. The van der Waals surface area contributed by atoms with Gasteiger partial charge in [-0.1, -0.05) is 403 Å². The van der Waals surface area contributed by atoms with Crippen LogP contribution in [0.5, 0.6) is 0 Å². The van der Waals surface area contributed by atoms with Gasteiger partial charge in [-0.2, -0.15) is 0 Å². The number of hydrogen-bond donors (Lipinski definition) is 0. The van der Waals surface area contributed by atoms with Crippen LogP contribution in [-0.2, 0) is 5.41 Å². The highest BCUT2D eigenvalue weighted by atomic mass is 16.3. The van der Waals surface area contributed by atoms with Gasteiger partial charge >= 0.3 is 0 Å². The van der Waals surface area contributed by atoms with Gasteiger partial charge in [0.05, 0.1) is 0 Å². The third-order valence-electron chi connectivity index (χ3n) is 22.1. The van der Waals surface area contributed by atoms with Crippen molar-refractivity contribution in [3.63, 3.8) is 0 Å². The fourth-order valence-corrected chi connectivity index (χ4v) is 17.0. The average Bonchev–Trinajstić information content (AvgIpc) is 1.46. The first kappa shape index (κ1) is 66.0. The summed E-state index contributed by atoms with van der Waals surface area (Å²) in [7, 11) is 0. The number of fused-ring (bicyclic) bond motifs is 11. The second-order valence-corrected chi connectivity index (χ2v) is 29.6. The molecule has 21 aromatic rings. The summed E-state index contributed by atoms with van der Waals surface area (Å²) in [5, 5.41) is 22.7. The summed E-state index contributed by atoms with van der Waals surface area (Å²) < 4.78 is 6.45. The van der Waals surface area contributed by atoms with Crippen molar-refractivity contribution in [1.82, 2.24) is 0 Å². The number of furan rings is 1. The van der Waals surface area contributed by atoms with E-state index in [0.717, 1.165) is 27.5 Å². The lowest BCUT2D eigenvalue weighted by Gasteiger charge is -2.23. The summed E-state index contributed by atoms with van der Waals surface area (Å²) in [5.74, 6) is 0. The molecular formula is C108H76O. The third kappa shape index (κ3) is 12.0. The summed E-state index contributed by atoms with van der Waals surface area (Å²) in [4.78, 5) is 0. The summed E-state index contributed by atoms with van der Waals surface area (Å²) >= 11 is 0. The van der Waals surface area contributed by atoms with Crippen LogP contribution in [0, 0.1) is 0 Å². The molecule has 0 spiro atoms. The van der Waals surface area contributed by atoms with Gasteiger partial charge in [-0.25, -0.2) is 0 Å². The van der Waals surface area contributed by atoms with Crippen molar-refractivity contribution in [2.24, 2.45) is 0 Å². The maximum absolute atomic E-state index is 6.45. The zero-order valence-electron chi connectivity index (χ0n) is 61.1. The Morgan fingerprint density at radius 3 is 1.06 bits per heavy atom. The normalized spacial score (nSPS) is 11.6. The molecule has 0 aliphatic carbocycles. The molecule has 1 nitrogen and oxygen atoms in total. The van der Waals surface area contributed by atoms with Crippen molar-refractivity contribution in [3.05, 3.63) is 412 Å². The molecule has 20 aromatic carbocycles. The van der Waals surface area contributed by atoms with Crippen LogP contribution in [0.3, 0.4) is 0 Å². The molecule has 0 saturated carbocycles. The Kier molecular flexibility index (Phi) is 16.9. The second-order valence-electron chi connectivity index (χ2n) is 29.6. The average molecular weight is 1390 g/mol. The SMILES string of the molecule is CC(C)(C)c1ccc2c(-c3cccc4ccccc34)c3ccccc3c(-c3ccccc3)c2c1.c1ccc(-c2c3ccccc3c(-c3cccc4c3oc3ccccc34)c3ccccc23)cc1.c1ccc(-c2ccc(-c3c4ccccc4c(-c4cccc(-c5ccc6ccccc6c5)c4)c4ccccc34)cc2)cc1. The Labute approximate surface area is 635 Å². The van der Waals surface area contributed by atoms with Crippen LogP contribution < -0.4 is 0 Å². The molecule has 0 aliphatic heterocycles. The zero-order chi connectivity index (χ0) is 72.9. The zero-order valence-corrected chi connectivity index (χ0v) is 61.1. The summed E-state index contributed by atoms with van der Waals surface area (Å²) in [6.45, 7) is 6.88. The minimum atomic E-state index is 0.0768. The Bertz CT molecular complexity index is 6920. The molecule has 1 heterocycles. The molecule has 0 radical (unpaired) electrons. The molecule has 0 amide bonds. The van der Waals surface area contributed by atoms with Crippen LogP contribution >= 0.6 is 0 Å². The van der Waals surface area contributed by atoms with E-state index >= 15 is 0 Å². The highest BCUT2D eigenvalue weighted by Gasteiger charge is 2.24. The van der Waals surface area contributed by atoms with E-state index in [4.69, 9.17) is 4.42 Å². The van der Waals surface area contributed by atoms with Crippen molar-refractivity contribution < 1.29 is 4.42 Å². The van der Waals surface area contributed by atoms with Gasteiger partial charge in [0.1, 0.15) is 11.2 Å². The summed E-state index contributed by atoms with van der Waals surface area (Å²) in [6, 6.07) is 147. The smallest absolute Gasteiger partial charge is 0.143 e. The molecule has 0 atom stereocenters. The maximum Gasteiger partial charge on any atom is 0.143 e. The molecule has 0 unspecified atom stereocenters. The standard InChI is InChI=1S/C42H28.C34H28.C32H20O/c1-2-11-29(12-3-1)31-21-24-32(25-22-31)41-37-17-6-8-19-39(37)42(40-20-9-7-18-38(40)41)36-16-10-15-34(28-36)35-26-23-30-13-4-5-14-33(30)27-35;1-34(2,3)25-20-21-30-31(22-25)32(24-13-5-4-6-14-24)28-17-9-10-18-29(28)33(30)27-19-11-15-23-12-7-8-16-26(23)27;1-2-11-21(12-3-1)30-23-14-4-6-16-25(23)31(26-17-7-5-15-24(26)30)28-19-10-18-27-22-13-8-9-20-29(22)33-32(27)28/h1-28H;4-22H,1-3H3;1-20H. The minimum Gasteiger partial charge on any atom is -0.455 e. The predicted octanol–water partition coefficient (Wildman–Crippen LogP) is 30.8. The third-order valence-corrected chi connectivity index (χ3v) is 22.1. The lowest BCUT2D eigenvalue weighted by molar-refractivity contribution is 0.591. The number of hydrogen-bond acceptors (Lipinski definition) is 1. The first-order valence-corrected chi connectivity index (χ1v) is 37.9. The van der Waals surface area contributed by atoms with E-state index in [-0.39, 0.29) is 5.41 Å². The van der Waals surface area contributed by atoms with E-state index in [1.165, 1.54) is 175 Å². The molecule has 1 heteroatoms. The molecule has 0 bridgehead atoms. The van der Waals surface area contributed by atoms with Crippen LogP contribution in [0.25, 0.3) is 197 Å². The second kappa shape index (κ2) is 28.0. The van der Waals surface area contributed by atoms with Crippen LogP contribution in [0.2, 0.25) is 0 Å². The van der Waals surface area contributed by atoms with Crippen LogP contribution in [-0.4, -0.2) is 0 Å². The number of para-hydroxylation sites is 2. The van der Waals surface area contributed by atoms with Crippen molar-refractivity contribution >= 4 is 108 Å². The molecule has 514 valence electrons. The Hall–Kier alpha value is -13.7. The van der Waals surface area contributed by atoms with Crippen LogP contribution in [0.1, 0.15) is 26.3 Å². The highest BCUT2D eigenvalue weighted by Crippen LogP contribution is 2.50. The molecule has 0 fully saturated rings. The molecule has 109 heavy (non-hydrogen) atoms. The van der Waals surface area contributed by atoms with E-state index in [2.05, 4.69) is 415 Å². The van der Waals surface area contributed by atoms with E-state index in [9.17, 15) is 0 Å². The molecule has 0 N–H and O–H groups in total. The molecule has 0 aliphatic rings. The Balaban J connectivity index is 0.000000112. The molecule has 0 saturated heterocycles. The monoisotopic (exact) mass is 1390 g/mol. The lowest BCUT2D eigenvalue weighted by Crippen LogP contribution is -2.10. The summed E-state index contributed by atoms with van der Waals surface area (Å²) in [6.07, 6.45) is 0. The lowest BCUT2D eigenvalue weighted by atomic mass is 9.81. The highest BCUT2D eigenvalue weighted by molar-refractivity contribution is 6.26. The van der Waals surface area contributed by atoms with Gasteiger partial charge in [0, 0.05) is 21.9 Å². The van der Waals surface area contributed by atoms with Gasteiger partial charge in [-0.3, -0.25) is 0 Å². The first-order valence-electron chi connectivity index (χ1n) is 37.9. The van der Waals surface area contributed by atoms with E-state index in [1.54, 1.807) is 0 Å². The number of rotatable bonds is 8. The van der Waals surface area contributed by atoms with Crippen LogP contribution in [0.4, 0.5) is 0 Å². The molecule has 1 aromatic heterocycles. The van der Waals surface area contributed by atoms with Gasteiger partial charge in [0.15, 0.2) is 0 Å². The van der Waals surface area contributed by atoms with Gasteiger partial charge in [0.2, 0.25) is 0 Å². The topological polar surface area (TPSA) is 13.1 Å². The van der Waals surface area contributed by atoms with E-state index in [0.29, 0.717) is 0 Å². The van der Waals surface area contributed by atoms with Gasteiger partial charge < -0.3 is 4.42 Å². The predicted molar refractivity (Wildman–Crippen MR) is 469 cm³/mol. The van der Waals surface area contributed by atoms with Crippen molar-refractivity contribution in [1.29, 1.82) is 0 Å². The fourth-order valence-electron chi connectivity index (χ4n) is 17.0. The first-order chi connectivity index (χ1) is 53.8. The van der Waals surface area contributed by atoms with Gasteiger partial charge in [-0.05, 0) is 199 Å². The van der Waals surface area contributed by atoms with Crippen LogP contribution in [0.15, 0.2) is 411 Å². The maximum atomic E-state index is 6.45. The molecular weight excluding hydrogens is 1310 g/mol. The van der Waals surface area contributed by atoms with Crippen molar-refractivity contribution in [2.45, 2.75) is 26.2 Å². The Morgan fingerprint density at radius 1 is 0.174 bits per heavy atom. The quantitative estimate of drug-likeness (QED) is 0.138. The molecule has 21 rings (SSSR count). The number of benzene rings is 20. The minimum absolute atomic E-state index is 0.0768. The summed E-state index contributed by atoms with van der Waals surface area (Å²) in [5.41, 5.74) is 23.4. The van der Waals surface area contributed by atoms with Crippen molar-refractivity contribution in [3.8, 4) is 89.0 Å². The van der Waals surface area contributed by atoms with Gasteiger partial charge in [-0.15, -0.1) is 0 Å². The van der Waals surface area contributed by atoms with Gasteiger partial charge in [0.25, 0.3) is 0 Å². The Morgan fingerprint density at radius 2 is 0.505 bits per heavy atom. The van der Waals surface area contributed by atoms with E-state index < -0.39 is 0 Å².